The highest BCUT2D eigenvalue weighted by Gasteiger charge is 2.45. The summed E-state index contributed by atoms with van der Waals surface area (Å²) < 4.78 is 5.32. The molecule has 0 amide bonds. The lowest BCUT2D eigenvalue weighted by molar-refractivity contribution is 0.320. The monoisotopic (exact) mass is 202 g/mol. The number of rotatable bonds is 1. The molecule has 1 aromatic carbocycles. The van der Waals surface area contributed by atoms with E-state index in [9.17, 15) is 0 Å². The molecule has 1 fully saturated rings. The summed E-state index contributed by atoms with van der Waals surface area (Å²) in [6.07, 6.45) is 5.44. The van der Waals surface area contributed by atoms with E-state index in [1.807, 2.05) is 0 Å². The lowest BCUT2D eigenvalue weighted by atomic mass is 9.81. The second-order valence-corrected chi connectivity index (χ2v) is 5.34. The SMILES string of the molecule is COc1ccc2c(c1)[C@@H]1CCC[C@]1(C)C2. The van der Waals surface area contributed by atoms with Gasteiger partial charge in [0, 0.05) is 0 Å². The average Bonchev–Trinajstić information content (AvgIpc) is 2.71. The summed E-state index contributed by atoms with van der Waals surface area (Å²) in [4.78, 5) is 0. The van der Waals surface area contributed by atoms with Crippen LogP contribution in [0.4, 0.5) is 0 Å². The molecule has 1 saturated carbocycles. The first-order chi connectivity index (χ1) is 7.23. The van der Waals surface area contributed by atoms with E-state index < -0.39 is 0 Å². The molecule has 15 heavy (non-hydrogen) atoms. The van der Waals surface area contributed by atoms with Crippen LogP contribution in [0, 0.1) is 5.41 Å². The molecule has 80 valence electrons. The van der Waals surface area contributed by atoms with Crippen LogP contribution in [0.15, 0.2) is 18.2 Å². The molecule has 0 aliphatic heterocycles. The number of methoxy groups -OCH3 is 1. The van der Waals surface area contributed by atoms with Gasteiger partial charge in [0.15, 0.2) is 0 Å². The van der Waals surface area contributed by atoms with Crippen LogP contribution in [0.25, 0.3) is 0 Å². The molecule has 0 bridgehead atoms. The third kappa shape index (κ3) is 1.22. The molecule has 2 aliphatic rings. The zero-order valence-corrected chi connectivity index (χ0v) is 9.55. The maximum Gasteiger partial charge on any atom is 0.119 e. The molecule has 0 radical (unpaired) electrons. The fourth-order valence-electron chi connectivity index (χ4n) is 3.60. The Bertz CT molecular complexity index is 396. The van der Waals surface area contributed by atoms with Crippen molar-refractivity contribution in [3.8, 4) is 5.75 Å². The Kier molecular flexibility index (Phi) is 1.86. The summed E-state index contributed by atoms with van der Waals surface area (Å²) in [5.41, 5.74) is 3.67. The van der Waals surface area contributed by atoms with E-state index in [0.29, 0.717) is 5.41 Å². The van der Waals surface area contributed by atoms with Crippen molar-refractivity contribution in [2.75, 3.05) is 7.11 Å². The van der Waals surface area contributed by atoms with E-state index in [1.54, 1.807) is 18.2 Å². The van der Waals surface area contributed by atoms with Crippen molar-refractivity contribution < 1.29 is 4.74 Å². The van der Waals surface area contributed by atoms with Crippen molar-refractivity contribution in [3.05, 3.63) is 29.3 Å². The Hall–Kier alpha value is -0.980. The Morgan fingerprint density at radius 1 is 1.40 bits per heavy atom. The van der Waals surface area contributed by atoms with Crippen LogP contribution < -0.4 is 4.74 Å². The van der Waals surface area contributed by atoms with Crippen molar-refractivity contribution >= 4 is 0 Å². The first kappa shape index (κ1) is 9.26. The highest BCUT2D eigenvalue weighted by molar-refractivity contribution is 5.44. The van der Waals surface area contributed by atoms with E-state index in [-0.39, 0.29) is 0 Å². The first-order valence-electron chi connectivity index (χ1n) is 5.90. The van der Waals surface area contributed by atoms with E-state index in [4.69, 9.17) is 4.74 Å². The predicted molar refractivity (Wildman–Crippen MR) is 61.4 cm³/mol. The lowest BCUT2D eigenvalue weighted by Gasteiger charge is -2.23. The smallest absolute Gasteiger partial charge is 0.119 e. The molecular weight excluding hydrogens is 184 g/mol. The summed E-state index contributed by atoms with van der Waals surface area (Å²) in [7, 11) is 1.75. The summed E-state index contributed by atoms with van der Waals surface area (Å²) in [5.74, 6) is 1.81. The molecule has 1 nitrogen and oxygen atoms in total. The van der Waals surface area contributed by atoms with Gasteiger partial charge in [-0.15, -0.1) is 0 Å². The topological polar surface area (TPSA) is 9.23 Å². The molecule has 2 aliphatic carbocycles. The normalized spacial score (nSPS) is 32.5. The maximum absolute atomic E-state index is 5.32. The Morgan fingerprint density at radius 3 is 3.07 bits per heavy atom. The highest BCUT2D eigenvalue weighted by Crippen LogP contribution is 2.57. The summed E-state index contributed by atoms with van der Waals surface area (Å²) in [6.45, 7) is 2.46. The third-order valence-corrected chi connectivity index (χ3v) is 4.40. The number of fused-ring (bicyclic) bond motifs is 3. The van der Waals surface area contributed by atoms with E-state index in [2.05, 4.69) is 25.1 Å². The molecule has 2 atom stereocenters. The van der Waals surface area contributed by atoms with Crippen LogP contribution in [0.5, 0.6) is 5.75 Å². The Labute approximate surface area is 91.5 Å². The van der Waals surface area contributed by atoms with Crippen LogP contribution in [0.3, 0.4) is 0 Å². The molecular formula is C14H18O. The quantitative estimate of drug-likeness (QED) is 0.677. The third-order valence-electron chi connectivity index (χ3n) is 4.40. The van der Waals surface area contributed by atoms with Crippen molar-refractivity contribution in [2.24, 2.45) is 5.41 Å². The van der Waals surface area contributed by atoms with Gasteiger partial charge in [-0.25, -0.2) is 0 Å². The van der Waals surface area contributed by atoms with Crippen LogP contribution in [0.1, 0.15) is 43.2 Å². The fourth-order valence-corrected chi connectivity index (χ4v) is 3.60. The zero-order chi connectivity index (χ0) is 10.5. The Balaban J connectivity index is 2.07. The molecule has 1 aromatic rings. The number of hydrogen-bond acceptors (Lipinski definition) is 1. The second kappa shape index (κ2) is 3.01. The average molecular weight is 202 g/mol. The van der Waals surface area contributed by atoms with Gasteiger partial charge in [-0.1, -0.05) is 19.4 Å². The van der Waals surface area contributed by atoms with E-state index in [1.165, 1.54) is 25.7 Å². The number of hydrogen-bond donors (Lipinski definition) is 0. The van der Waals surface area contributed by atoms with Crippen molar-refractivity contribution in [1.29, 1.82) is 0 Å². The summed E-state index contributed by atoms with van der Waals surface area (Å²) >= 11 is 0. The molecule has 0 N–H and O–H groups in total. The van der Waals surface area contributed by atoms with Gasteiger partial charge in [0.1, 0.15) is 5.75 Å². The van der Waals surface area contributed by atoms with E-state index in [0.717, 1.165) is 11.7 Å². The van der Waals surface area contributed by atoms with Crippen molar-refractivity contribution in [2.45, 2.75) is 38.5 Å². The lowest BCUT2D eigenvalue weighted by Crippen LogP contribution is -2.15. The van der Waals surface area contributed by atoms with Crippen molar-refractivity contribution in [1.82, 2.24) is 0 Å². The minimum Gasteiger partial charge on any atom is -0.497 e. The molecule has 0 spiro atoms. The van der Waals surface area contributed by atoms with Crippen LogP contribution in [0.2, 0.25) is 0 Å². The van der Waals surface area contributed by atoms with Gasteiger partial charge in [0.25, 0.3) is 0 Å². The van der Waals surface area contributed by atoms with Gasteiger partial charge < -0.3 is 4.74 Å². The van der Waals surface area contributed by atoms with Crippen LogP contribution >= 0.6 is 0 Å². The van der Waals surface area contributed by atoms with E-state index >= 15 is 0 Å². The van der Waals surface area contributed by atoms with Gasteiger partial charge >= 0.3 is 0 Å². The first-order valence-corrected chi connectivity index (χ1v) is 5.90. The molecule has 3 rings (SSSR count). The largest absolute Gasteiger partial charge is 0.497 e. The van der Waals surface area contributed by atoms with Gasteiger partial charge in [0.05, 0.1) is 7.11 Å². The van der Waals surface area contributed by atoms with Crippen LogP contribution in [-0.2, 0) is 6.42 Å². The highest BCUT2D eigenvalue weighted by atomic mass is 16.5. The standard InChI is InChI=1S/C14H18O/c1-14-7-3-4-13(14)12-8-11(15-2)6-5-10(12)9-14/h5-6,8,13H,3-4,7,9H2,1-2H3/t13-,14+/m0/s1. The molecule has 0 aromatic heterocycles. The molecule has 0 unspecified atom stereocenters. The van der Waals surface area contributed by atoms with Gasteiger partial charge in [0.2, 0.25) is 0 Å². The summed E-state index contributed by atoms with van der Waals surface area (Å²) in [6, 6.07) is 6.62. The molecule has 0 heterocycles. The van der Waals surface area contributed by atoms with Crippen molar-refractivity contribution in [3.63, 3.8) is 0 Å². The minimum atomic E-state index is 0.550. The maximum atomic E-state index is 5.32. The second-order valence-electron chi connectivity index (χ2n) is 5.34. The van der Waals surface area contributed by atoms with Gasteiger partial charge in [-0.3, -0.25) is 0 Å². The molecule has 1 heteroatoms. The summed E-state index contributed by atoms with van der Waals surface area (Å²) in [5, 5.41) is 0. The zero-order valence-electron chi connectivity index (χ0n) is 9.55. The fraction of sp³-hybridized carbons (Fsp3) is 0.571. The van der Waals surface area contributed by atoms with Gasteiger partial charge in [-0.2, -0.15) is 0 Å². The Morgan fingerprint density at radius 2 is 2.27 bits per heavy atom. The van der Waals surface area contributed by atoms with Gasteiger partial charge in [-0.05, 0) is 53.9 Å². The minimum absolute atomic E-state index is 0.550. The molecule has 0 saturated heterocycles. The predicted octanol–water partition coefficient (Wildman–Crippen LogP) is 3.53. The number of benzene rings is 1. The number of ether oxygens (including phenoxy) is 1. The van der Waals surface area contributed by atoms with Crippen LogP contribution in [-0.4, -0.2) is 7.11 Å².